The number of thiazole rings is 1. The summed E-state index contributed by atoms with van der Waals surface area (Å²) in [5, 5.41) is 5.01. The number of aromatic nitrogens is 2. The molecular formula is C22H19N3OS2. The van der Waals surface area contributed by atoms with E-state index in [0.29, 0.717) is 0 Å². The Morgan fingerprint density at radius 1 is 1.04 bits per heavy atom. The first-order valence-corrected chi connectivity index (χ1v) is 11.1. The maximum Gasteiger partial charge on any atom is 0.221 e. The van der Waals surface area contributed by atoms with Crippen molar-refractivity contribution in [1.29, 1.82) is 0 Å². The molecule has 0 bridgehead atoms. The lowest BCUT2D eigenvalue weighted by molar-refractivity contribution is -0.114. The smallest absolute Gasteiger partial charge is 0.221 e. The van der Waals surface area contributed by atoms with Gasteiger partial charge in [-0.2, -0.15) is 0 Å². The number of carbonyl (C=O) groups is 1. The first-order chi connectivity index (χ1) is 13.7. The number of fused-ring (bicyclic) bond motifs is 2. The number of carbonyl (C=O) groups excluding carboxylic acids is 1. The molecule has 1 aliphatic carbocycles. The van der Waals surface area contributed by atoms with E-state index in [1.54, 1.807) is 29.6 Å². The Morgan fingerprint density at radius 3 is 2.68 bits per heavy atom. The summed E-state index contributed by atoms with van der Waals surface area (Å²) in [5.74, 6) is -0.0269. The van der Waals surface area contributed by atoms with Crippen molar-refractivity contribution in [3.05, 3.63) is 53.2 Å². The van der Waals surface area contributed by atoms with Gasteiger partial charge in [0.2, 0.25) is 5.91 Å². The molecular weight excluding hydrogens is 386 g/mol. The van der Waals surface area contributed by atoms with Crippen molar-refractivity contribution < 1.29 is 4.79 Å². The van der Waals surface area contributed by atoms with Gasteiger partial charge in [-0.1, -0.05) is 6.07 Å². The molecule has 4 aromatic rings. The maximum absolute atomic E-state index is 11.8. The van der Waals surface area contributed by atoms with Crippen LogP contribution in [0.15, 0.2) is 42.7 Å². The summed E-state index contributed by atoms with van der Waals surface area (Å²) < 4.78 is 1.16. The minimum atomic E-state index is -0.0269. The van der Waals surface area contributed by atoms with Crippen LogP contribution in [0.3, 0.4) is 0 Å². The second kappa shape index (κ2) is 7.11. The van der Waals surface area contributed by atoms with Crippen LogP contribution in [0.5, 0.6) is 0 Å². The molecule has 1 aliphatic rings. The molecule has 0 spiro atoms. The van der Waals surface area contributed by atoms with Crippen molar-refractivity contribution in [1.82, 2.24) is 9.97 Å². The number of benzene rings is 1. The van der Waals surface area contributed by atoms with Crippen LogP contribution in [-0.4, -0.2) is 15.9 Å². The fraction of sp³-hybridized carbons (Fsp3) is 0.227. The van der Waals surface area contributed by atoms with Crippen LogP contribution in [0.4, 0.5) is 5.00 Å². The van der Waals surface area contributed by atoms with E-state index in [1.165, 1.54) is 23.3 Å². The number of nitrogens with zero attached hydrogens (tertiary/aromatic N) is 2. The lowest BCUT2D eigenvalue weighted by Gasteiger charge is -2.11. The zero-order chi connectivity index (χ0) is 19.1. The maximum atomic E-state index is 11.8. The predicted octanol–water partition coefficient (Wildman–Crippen LogP) is 5.92. The molecule has 3 heterocycles. The van der Waals surface area contributed by atoms with Crippen LogP contribution in [0.1, 0.15) is 30.2 Å². The molecule has 140 valence electrons. The molecule has 0 saturated heterocycles. The Kier molecular flexibility index (Phi) is 4.45. The van der Waals surface area contributed by atoms with E-state index >= 15 is 0 Å². The average Bonchev–Trinajstić information content (AvgIpc) is 3.27. The number of hydrogen-bond donors (Lipinski definition) is 1. The third-order valence-electron chi connectivity index (χ3n) is 5.08. The second-order valence-electron chi connectivity index (χ2n) is 7.03. The van der Waals surface area contributed by atoms with Crippen molar-refractivity contribution in [2.24, 2.45) is 0 Å². The predicted molar refractivity (Wildman–Crippen MR) is 117 cm³/mol. The van der Waals surface area contributed by atoms with E-state index in [0.717, 1.165) is 49.8 Å². The highest BCUT2D eigenvalue weighted by atomic mass is 32.1. The minimum absolute atomic E-state index is 0.0269. The lowest BCUT2D eigenvalue weighted by atomic mass is 9.96. The van der Waals surface area contributed by atoms with E-state index in [2.05, 4.69) is 28.5 Å². The molecule has 28 heavy (non-hydrogen) atoms. The summed E-state index contributed by atoms with van der Waals surface area (Å²) in [7, 11) is 0. The third kappa shape index (κ3) is 3.12. The standard InChI is InChI=1S/C22H19N3OS2/c1-13(26)24-21-20(16-4-2-3-5-18(16)27-21)22-25-17-12-15(6-7-19(17)28-22)14-8-10-23-11-9-14/h6-12H,2-5H2,1H3,(H,24,26). The third-order valence-corrected chi connectivity index (χ3v) is 7.34. The van der Waals surface area contributed by atoms with E-state index in [4.69, 9.17) is 4.98 Å². The van der Waals surface area contributed by atoms with Crippen molar-refractivity contribution in [3.8, 4) is 21.7 Å². The van der Waals surface area contributed by atoms with Gasteiger partial charge in [-0.05, 0) is 66.6 Å². The summed E-state index contributed by atoms with van der Waals surface area (Å²) in [6, 6.07) is 10.4. The number of rotatable bonds is 3. The molecule has 0 aliphatic heterocycles. The minimum Gasteiger partial charge on any atom is -0.317 e. The molecule has 6 heteroatoms. The highest BCUT2D eigenvalue weighted by Crippen LogP contribution is 2.46. The van der Waals surface area contributed by atoms with E-state index < -0.39 is 0 Å². The topological polar surface area (TPSA) is 54.9 Å². The molecule has 0 atom stereocenters. The molecule has 4 nitrogen and oxygen atoms in total. The number of nitrogens with one attached hydrogen (secondary N) is 1. The number of amides is 1. The molecule has 1 aromatic carbocycles. The van der Waals surface area contributed by atoms with Gasteiger partial charge in [-0.15, -0.1) is 22.7 Å². The van der Waals surface area contributed by atoms with Gasteiger partial charge in [-0.3, -0.25) is 9.78 Å². The Labute approximate surface area is 171 Å². The first-order valence-electron chi connectivity index (χ1n) is 9.42. The van der Waals surface area contributed by atoms with Crippen molar-refractivity contribution in [2.45, 2.75) is 32.6 Å². The fourth-order valence-electron chi connectivity index (χ4n) is 3.80. The van der Waals surface area contributed by atoms with Crippen molar-refractivity contribution in [2.75, 3.05) is 5.32 Å². The monoisotopic (exact) mass is 405 g/mol. The van der Waals surface area contributed by atoms with E-state index in [1.807, 2.05) is 24.5 Å². The molecule has 0 radical (unpaired) electrons. The fourth-order valence-corrected chi connectivity index (χ4v) is 6.22. The zero-order valence-electron chi connectivity index (χ0n) is 15.5. The summed E-state index contributed by atoms with van der Waals surface area (Å²) in [6.45, 7) is 1.57. The van der Waals surface area contributed by atoms with E-state index in [-0.39, 0.29) is 5.91 Å². The van der Waals surface area contributed by atoms with Crippen LogP contribution in [0.2, 0.25) is 0 Å². The quantitative estimate of drug-likeness (QED) is 0.460. The van der Waals surface area contributed by atoms with Gasteiger partial charge in [0.15, 0.2) is 0 Å². The second-order valence-corrected chi connectivity index (χ2v) is 9.17. The number of pyridine rings is 1. The SMILES string of the molecule is CC(=O)Nc1sc2c(c1-c1nc3cc(-c4ccncc4)ccc3s1)CCCC2. The normalized spacial score (nSPS) is 13.5. The van der Waals surface area contributed by atoms with Gasteiger partial charge in [0.05, 0.1) is 10.2 Å². The van der Waals surface area contributed by atoms with Gasteiger partial charge >= 0.3 is 0 Å². The molecule has 0 unspecified atom stereocenters. The molecule has 3 aromatic heterocycles. The first kappa shape index (κ1) is 17.5. The highest BCUT2D eigenvalue weighted by molar-refractivity contribution is 7.23. The summed E-state index contributed by atoms with van der Waals surface area (Å²) >= 11 is 3.43. The van der Waals surface area contributed by atoms with Crippen LogP contribution in [0, 0.1) is 0 Å². The average molecular weight is 406 g/mol. The molecule has 0 saturated carbocycles. The number of anilines is 1. The zero-order valence-corrected chi connectivity index (χ0v) is 17.1. The van der Waals surface area contributed by atoms with Crippen molar-refractivity contribution >= 4 is 43.8 Å². The van der Waals surface area contributed by atoms with Gasteiger partial charge in [0.25, 0.3) is 0 Å². The van der Waals surface area contributed by atoms with Gasteiger partial charge in [0, 0.05) is 29.8 Å². The van der Waals surface area contributed by atoms with Crippen molar-refractivity contribution in [3.63, 3.8) is 0 Å². The Hall–Kier alpha value is -2.57. The highest BCUT2D eigenvalue weighted by Gasteiger charge is 2.24. The summed E-state index contributed by atoms with van der Waals surface area (Å²) in [5.41, 5.74) is 5.80. The summed E-state index contributed by atoms with van der Waals surface area (Å²) in [6.07, 6.45) is 8.21. The van der Waals surface area contributed by atoms with Gasteiger partial charge < -0.3 is 5.32 Å². The van der Waals surface area contributed by atoms with Crippen LogP contribution < -0.4 is 5.32 Å². The Balaban J connectivity index is 1.63. The lowest BCUT2D eigenvalue weighted by Crippen LogP contribution is -2.05. The summed E-state index contributed by atoms with van der Waals surface area (Å²) in [4.78, 5) is 22.2. The Bertz CT molecular complexity index is 1180. The van der Waals surface area contributed by atoms with Gasteiger partial charge in [-0.25, -0.2) is 4.98 Å². The number of thiophene rings is 1. The molecule has 5 rings (SSSR count). The van der Waals surface area contributed by atoms with Crippen LogP contribution in [-0.2, 0) is 17.6 Å². The molecule has 1 amide bonds. The van der Waals surface area contributed by atoms with Gasteiger partial charge in [0.1, 0.15) is 10.0 Å². The molecule has 1 N–H and O–H groups in total. The Morgan fingerprint density at radius 2 is 1.86 bits per heavy atom. The largest absolute Gasteiger partial charge is 0.317 e. The number of aryl methyl sites for hydroxylation is 1. The van der Waals surface area contributed by atoms with E-state index in [9.17, 15) is 4.79 Å². The van der Waals surface area contributed by atoms with Crippen LogP contribution >= 0.6 is 22.7 Å². The van der Waals surface area contributed by atoms with Crippen LogP contribution in [0.25, 0.3) is 31.9 Å². The number of hydrogen-bond acceptors (Lipinski definition) is 5. The molecule has 0 fully saturated rings.